The second kappa shape index (κ2) is 21.6. The van der Waals surface area contributed by atoms with Crippen LogP contribution in [0.2, 0.25) is 0 Å². The fraction of sp³-hybridized carbons (Fsp3) is 0.800. The smallest absolute Gasteiger partial charge is 0.282 e. The van der Waals surface area contributed by atoms with Gasteiger partial charge in [-0.05, 0) is 50.2 Å². The van der Waals surface area contributed by atoms with E-state index in [0.717, 1.165) is 18.4 Å². The molecule has 0 bridgehead atoms. The van der Waals surface area contributed by atoms with Crippen LogP contribution in [-0.4, -0.2) is 37.6 Å². The van der Waals surface area contributed by atoms with Crippen molar-refractivity contribution in [2.45, 2.75) is 136 Å². The molecule has 0 aliphatic heterocycles. The maximum atomic E-state index is 11.2. The largest absolute Gasteiger partial charge is 0.294 e. The number of aryl methyl sites for hydroxylation is 1. The second-order valence-electron chi connectivity index (χ2n) is 10.3. The van der Waals surface area contributed by atoms with Crippen LogP contribution in [0.15, 0.2) is 29.2 Å². The summed E-state index contributed by atoms with van der Waals surface area (Å²) in [7, 11) is -4.65. The van der Waals surface area contributed by atoms with E-state index in [1.54, 1.807) is 42.8 Å². The lowest BCUT2D eigenvalue weighted by Crippen LogP contribution is -2.12. The van der Waals surface area contributed by atoms with Gasteiger partial charge in [0, 0.05) is 7.26 Å². The highest BCUT2D eigenvalue weighted by Gasteiger charge is 2.34. The molecule has 0 saturated heterocycles. The highest BCUT2D eigenvalue weighted by molar-refractivity contribution is 7.85. The van der Waals surface area contributed by atoms with Crippen LogP contribution in [-0.2, 0) is 16.5 Å². The first kappa shape index (κ1) is 34.6. The molecule has 0 unspecified atom stereocenters. The lowest BCUT2D eigenvalue weighted by molar-refractivity contribution is 0.481. The van der Waals surface area contributed by atoms with Gasteiger partial charge in [-0.15, -0.1) is 0 Å². The standard InChI is InChI=1S/C16H36P.C14H22O3S/c1-5-9-13-17(14-10-6-2,15-11-7-3)16-12-8-4;1-2-3-4-5-6-7-10-13-11-8-9-12-14(13)18(15,16)17/h5-16H2,1-4H3;8-9,11-12H,2-7,10H2,1H3,(H,15,16,17)/q+1;. The fourth-order valence-electron chi connectivity index (χ4n) is 4.70. The minimum absolute atomic E-state index is 0.0542. The van der Waals surface area contributed by atoms with Gasteiger partial charge in [0.15, 0.2) is 0 Å². The molecule has 35 heavy (non-hydrogen) atoms. The van der Waals surface area contributed by atoms with E-state index in [-0.39, 0.29) is 4.90 Å². The van der Waals surface area contributed by atoms with Crippen LogP contribution in [0.3, 0.4) is 0 Å². The van der Waals surface area contributed by atoms with Crippen LogP contribution in [0, 0.1) is 0 Å². The molecule has 0 aliphatic carbocycles. The van der Waals surface area contributed by atoms with Crippen LogP contribution in [0.4, 0.5) is 0 Å². The van der Waals surface area contributed by atoms with E-state index in [0.29, 0.717) is 6.42 Å². The lowest BCUT2D eigenvalue weighted by atomic mass is 10.1. The molecule has 1 rings (SSSR count). The van der Waals surface area contributed by atoms with Crippen molar-refractivity contribution in [1.29, 1.82) is 0 Å². The summed E-state index contributed by atoms with van der Waals surface area (Å²) in [5.41, 5.74) is 0.718. The Morgan fingerprint density at radius 2 is 1.00 bits per heavy atom. The highest BCUT2D eigenvalue weighted by Crippen LogP contribution is 2.61. The van der Waals surface area contributed by atoms with Crippen molar-refractivity contribution in [3.05, 3.63) is 29.8 Å². The molecule has 0 radical (unpaired) electrons. The van der Waals surface area contributed by atoms with Crippen molar-refractivity contribution in [1.82, 2.24) is 0 Å². The number of rotatable bonds is 20. The van der Waals surface area contributed by atoms with Crippen LogP contribution >= 0.6 is 7.26 Å². The van der Waals surface area contributed by atoms with Crippen molar-refractivity contribution >= 4 is 17.4 Å². The van der Waals surface area contributed by atoms with E-state index in [2.05, 4.69) is 34.6 Å². The molecule has 3 nitrogen and oxygen atoms in total. The van der Waals surface area contributed by atoms with E-state index in [1.165, 1.54) is 83.1 Å². The summed E-state index contributed by atoms with van der Waals surface area (Å²) in [5, 5.41) is 0. The van der Waals surface area contributed by atoms with Crippen molar-refractivity contribution in [2.24, 2.45) is 0 Å². The Balaban J connectivity index is 0.000000662. The normalized spacial score (nSPS) is 11.8. The zero-order valence-corrected chi connectivity index (χ0v) is 25.6. The predicted octanol–water partition coefficient (Wildman–Crippen LogP) is 10.0. The Morgan fingerprint density at radius 3 is 1.43 bits per heavy atom. The summed E-state index contributed by atoms with van der Waals surface area (Å²) in [4.78, 5) is 0.0542. The molecule has 0 aliphatic rings. The fourth-order valence-corrected chi connectivity index (χ4v) is 10.7. The van der Waals surface area contributed by atoms with Crippen molar-refractivity contribution in [2.75, 3.05) is 24.6 Å². The van der Waals surface area contributed by atoms with Crippen molar-refractivity contribution in [3.63, 3.8) is 0 Å². The van der Waals surface area contributed by atoms with E-state index in [4.69, 9.17) is 4.55 Å². The maximum absolute atomic E-state index is 11.2. The van der Waals surface area contributed by atoms with Gasteiger partial charge in [-0.25, -0.2) is 0 Å². The van der Waals surface area contributed by atoms with E-state index in [1.807, 2.05) is 0 Å². The van der Waals surface area contributed by atoms with Gasteiger partial charge in [0.2, 0.25) is 0 Å². The Hall–Kier alpha value is -0.440. The first-order valence-corrected chi connectivity index (χ1v) is 18.7. The first-order chi connectivity index (χ1) is 16.8. The Kier molecular flexibility index (Phi) is 21.4. The molecule has 1 aromatic carbocycles. The number of benzene rings is 1. The zero-order chi connectivity index (χ0) is 26.4. The highest BCUT2D eigenvalue weighted by atomic mass is 32.2. The van der Waals surface area contributed by atoms with Gasteiger partial charge in [0.05, 0.1) is 29.5 Å². The minimum Gasteiger partial charge on any atom is -0.282 e. The van der Waals surface area contributed by atoms with Gasteiger partial charge in [0.25, 0.3) is 10.1 Å². The molecule has 0 heterocycles. The third kappa shape index (κ3) is 16.8. The molecule has 0 saturated carbocycles. The number of hydrogen-bond acceptors (Lipinski definition) is 2. The quantitative estimate of drug-likeness (QED) is 0.104. The first-order valence-electron chi connectivity index (χ1n) is 14.7. The summed E-state index contributed by atoms with van der Waals surface area (Å²) in [6, 6.07) is 6.67. The summed E-state index contributed by atoms with van der Waals surface area (Å²) in [6.45, 7) is 11.6. The van der Waals surface area contributed by atoms with Gasteiger partial charge in [-0.1, -0.05) is 111 Å². The average Bonchev–Trinajstić information content (AvgIpc) is 2.85. The van der Waals surface area contributed by atoms with Gasteiger partial charge < -0.3 is 0 Å². The molecule has 1 aromatic rings. The van der Waals surface area contributed by atoms with Gasteiger partial charge >= 0.3 is 0 Å². The van der Waals surface area contributed by atoms with Gasteiger partial charge in [-0.3, -0.25) is 4.55 Å². The molecule has 0 amide bonds. The molecular weight excluding hydrogens is 471 g/mol. The molecule has 0 aromatic heterocycles. The Morgan fingerprint density at radius 1 is 0.600 bits per heavy atom. The molecule has 206 valence electrons. The second-order valence-corrected chi connectivity index (χ2v) is 16.1. The summed E-state index contributed by atoms with van der Waals surface area (Å²) in [6.07, 6.45) is 25.7. The SMILES string of the molecule is CCCCCCCCc1ccccc1S(=O)(=O)O.CCCC[P+](CCCC)(CCCC)CCCC. The minimum atomic E-state index is -4.08. The summed E-state index contributed by atoms with van der Waals surface area (Å²) >= 11 is 0. The predicted molar refractivity (Wildman–Crippen MR) is 159 cm³/mol. The third-order valence-electron chi connectivity index (χ3n) is 6.99. The molecule has 1 N–H and O–H groups in total. The van der Waals surface area contributed by atoms with Crippen LogP contribution < -0.4 is 0 Å². The molecular formula is C30H58O3PS+. The van der Waals surface area contributed by atoms with Crippen LogP contribution in [0.5, 0.6) is 0 Å². The third-order valence-corrected chi connectivity index (χ3v) is 13.0. The molecule has 0 spiro atoms. The summed E-state index contributed by atoms with van der Waals surface area (Å²) in [5.74, 6) is 0. The number of hydrogen-bond donors (Lipinski definition) is 1. The zero-order valence-electron chi connectivity index (χ0n) is 23.9. The summed E-state index contributed by atoms with van der Waals surface area (Å²) < 4.78 is 31.5. The number of unbranched alkanes of at least 4 members (excludes halogenated alkanes) is 9. The molecule has 0 atom stereocenters. The van der Waals surface area contributed by atoms with E-state index >= 15 is 0 Å². The average molecular weight is 530 g/mol. The molecule has 5 heteroatoms. The monoisotopic (exact) mass is 529 g/mol. The topological polar surface area (TPSA) is 54.4 Å². The van der Waals surface area contributed by atoms with E-state index in [9.17, 15) is 8.42 Å². The van der Waals surface area contributed by atoms with Gasteiger partial charge in [0.1, 0.15) is 0 Å². The van der Waals surface area contributed by atoms with Gasteiger partial charge in [-0.2, -0.15) is 8.42 Å². The Bertz CT molecular complexity index is 681. The lowest BCUT2D eigenvalue weighted by Gasteiger charge is -2.28. The maximum Gasteiger partial charge on any atom is 0.294 e. The van der Waals surface area contributed by atoms with Crippen molar-refractivity contribution < 1.29 is 13.0 Å². The Labute approximate surface area is 220 Å². The van der Waals surface area contributed by atoms with Crippen LogP contribution in [0.25, 0.3) is 0 Å². The molecule has 0 fully saturated rings. The van der Waals surface area contributed by atoms with Crippen LogP contribution in [0.1, 0.15) is 130 Å². The van der Waals surface area contributed by atoms with Crippen molar-refractivity contribution in [3.8, 4) is 0 Å². The van der Waals surface area contributed by atoms with E-state index < -0.39 is 17.4 Å².